The smallest absolute Gasteiger partial charge is 0.243 e. The molecule has 0 radical (unpaired) electrons. The Morgan fingerprint density at radius 3 is 2.10 bits per heavy atom. The van der Waals surface area contributed by atoms with Crippen molar-refractivity contribution in [1.29, 1.82) is 0 Å². The molecule has 0 aliphatic heterocycles. The van der Waals surface area contributed by atoms with Gasteiger partial charge in [0.2, 0.25) is 5.91 Å². The number of rotatable bonds is 1. The van der Waals surface area contributed by atoms with Crippen molar-refractivity contribution in [2.24, 2.45) is 0 Å². The van der Waals surface area contributed by atoms with Gasteiger partial charge in [0.1, 0.15) is 5.82 Å². The summed E-state index contributed by atoms with van der Waals surface area (Å²) in [5, 5.41) is 4.15. The highest BCUT2D eigenvalue weighted by Crippen LogP contribution is 2.21. The molecule has 0 N–H and O–H groups in total. The highest BCUT2D eigenvalue weighted by Gasteiger charge is 2.10. The van der Waals surface area contributed by atoms with Gasteiger partial charge in [0, 0.05) is 18.2 Å². The van der Waals surface area contributed by atoms with Gasteiger partial charge >= 0.3 is 0 Å². The summed E-state index contributed by atoms with van der Waals surface area (Å²) in [7, 11) is 0. The number of aromatic nitrogens is 2. The first kappa shape index (κ1) is 19.0. The molecule has 21 heavy (non-hydrogen) atoms. The molecule has 0 aliphatic carbocycles. The summed E-state index contributed by atoms with van der Waals surface area (Å²) < 4.78 is 14.7. The second-order valence-electron chi connectivity index (χ2n) is 4.07. The molecule has 0 fully saturated rings. The van der Waals surface area contributed by atoms with E-state index in [-0.39, 0.29) is 11.7 Å². The molecule has 3 nitrogen and oxygen atoms in total. The van der Waals surface area contributed by atoms with E-state index in [1.54, 1.807) is 32.0 Å². The van der Waals surface area contributed by atoms with Crippen molar-refractivity contribution in [2.45, 2.75) is 48.5 Å². The summed E-state index contributed by atoms with van der Waals surface area (Å²) in [6.45, 7) is 12.9. The van der Waals surface area contributed by atoms with Crippen LogP contribution in [0.25, 0.3) is 11.3 Å². The van der Waals surface area contributed by atoms with E-state index in [0.717, 1.165) is 5.69 Å². The molecule has 1 aromatic carbocycles. The molecule has 2 aromatic rings. The molecule has 0 atom stereocenters. The Hall–Kier alpha value is -1.97. The maximum atomic E-state index is 13.4. The second kappa shape index (κ2) is 9.06. The van der Waals surface area contributed by atoms with Crippen LogP contribution in [-0.4, -0.2) is 15.7 Å². The van der Waals surface area contributed by atoms with Crippen LogP contribution in [-0.2, 0) is 0 Å². The Morgan fingerprint density at radius 2 is 1.67 bits per heavy atom. The molecule has 1 aromatic heterocycles. The molecular weight excluding hydrogens is 267 g/mol. The van der Waals surface area contributed by atoms with E-state index in [1.807, 2.05) is 27.7 Å². The lowest BCUT2D eigenvalue weighted by molar-refractivity contribution is 0.0919. The van der Waals surface area contributed by atoms with Gasteiger partial charge in [-0.05, 0) is 31.5 Å². The van der Waals surface area contributed by atoms with Gasteiger partial charge in [-0.1, -0.05) is 39.8 Å². The van der Waals surface area contributed by atoms with E-state index in [0.29, 0.717) is 16.8 Å². The molecule has 2 rings (SSSR count). The minimum absolute atomic E-state index is 0.152. The maximum absolute atomic E-state index is 13.4. The first-order chi connectivity index (χ1) is 9.99. The Balaban J connectivity index is 0.000000921. The van der Waals surface area contributed by atoms with Crippen molar-refractivity contribution >= 4 is 5.91 Å². The van der Waals surface area contributed by atoms with Crippen LogP contribution in [0.2, 0.25) is 0 Å². The van der Waals surface area contributed by atoms with Crippen LogP contribution in [0.15, 0.2) is 24.3 Å². The standard InChI is InChI=1S/C13H13FN2O.2C2H6/c1-8-4-5-11(7-12(8)14)13-6-9(2)16(15-13)10(3)17;2*1-2/h4-7H,1-3H3;2*1-2H3. The van der Waals surface area contributed by atoms with Crippen molar-refractivity contribution in [3.05, 3.63) is 41.3 Å². The van der Waals surface area contributed by atoms with E-state index in [2.05, 4.69) is 5.10 Å². The van der Waals surface area contributed by atoms with Gasteiger partial charge in [-0.2, -0.15) is 5.10 Å². The Labute approximate surface area is 126 Å². The summed E-state index contributed by atoms with van der Waals surface area (Å²) in [6.07, 6.45) is 0. The fraction of sp³-hybridized carbons (Fsp3) is 0.412. The Bertz CT molecular complexity index is 588. The van der Waals surface area contributed by atoms with E-state index in [9.17, 15) is 9.18 Å². The number of nitrogens with zero attached hydrogens (tertiary/aromatic N) is 2. The first-order valence-corrected chi connectivity index (χ1v) is 7.33. The lowest BCUT2D eigenvalue weighted by atomic mass is 10.1. The number of carbonyl (C=O) groups is 1. The molecule has 1 heterocycles. The molecule has 0 saturated carbocycles. The quantitative estimate of drug-likeness (QED) is 0.739. The van der Waals surface area contributed by atoms with Crippen molar-refractivity contribution in [3.8, 4) is 11.3 Å². The van der Waals surface area contributed by atoms with Gasteiger partial charge in [-0.15, -0.1) is 0 Å². The van der Waals surface area contributed by atoms with Crippen molar-refractivity contribution in [2.75, 3.05) is 0 Å². The number of hydrogen-bond acceptors (Lipinski definition) is 2. The number of benzene rings is 1. The number of halogens is 1. The van der Waals surface area contributed by atoms with E-state index >= 15 is 0 Å². The summed E-state index contributed by atoms with van der Waals surface area (Å²) in [6, 6.07) is 6.70. The minimum Gasteiger partial charge on any atom is -0.273 e. The third kappa shape index (κ3) is 4.81. The number of aryl methyl sites for hydroxylation is 2. The van der Waals surface area contributed by atoms with E-state index < -0.39 is 0 Å². The lowest BCUT2D eigenvalue weighted by Gasteiger charge is -1.99. The zero-order valence-corrected chi connectivity index (χ0v) is 14.0. The molecule has 0 unspecified atom stereocenters. The van der Waals surface area contributed by atoms with Crippen LogP contribution >= 0.6 is 0 Å². The summed E-state index contributed by atoms with van der Waals surface area (Å²) in [5.41, 5.74) is 2.62. The monoisotopic (exact) mass is 292 g/mol. The van der Waals surface area contributed by atoms with Crippen LogP contribution in [0.1, 0.15) is 50.7 Å². The van der Waals surface area contributed by atoms with E-state index in [1.165, 1.54) is 17.7 Å². The Kier molecular flexibility index (Phi) is 8.21. The molecule has 4 heteroatoms. The van der Waals surface area contributed by atoms with Gasteiger partial charge < -0.3 is 0 Å². The summed E-state index contributed by atoms with van der Waals surface area (Å²) in [5.74, 6) is -0.418. The number of carbonyl (C=O) groups excluding carboxylic acids is 1. The van der Waals surface area contributed by atoms with Crippen LogP contribution in [0.3, 0.4) is 0 Å². The van der Waals surface area contributed by atoms with Crippen LogP contribution in [0.5, 0.6) is 0 Å². The van der Waals surface area contributed by atoms with Crippen molar-refractivity contribution in [1.82, 2.24) is 9.78 Å². The molecule has 0 bridgehead atoms. The fourth-order valence-electron chi connectivity index (χ4n) is 1.69. The average molecular weight is 292 g/mol. The SMILES string of the molecule is CC.CC.CC(=O)n1nc(-c2ccc(C)c(F)c2)cc1C. The van der Waals surface area contributed by atoms with E-state index in [4.69, 9.17) is 0 Å². The second-order valence-corrected chi connectivity index (χ2v) is 4.07. The summed E-state index contributed by atoms with van der Waals surface area (Å²) >= 11 is 0. The normalized spacial score (nSPS) is 9.14. The topological polar surface area (TPSA) is 34.9 Å². The Morgan fingerprint density at radius 1 is 1.10 bits per heavy atom. The van der Waals surface area contributed by atoms with Gasteiger partial charge in [-0.3, -0.25) is 4.79 Å². The third-order valence-corrected chi connectivity index (χ3v) is 2.65. The van der Waals surface area contributed by atoms with Crippen LogP contribution in [0, 0.1) is 19.7 Å². The van der Waals surface area contributed by atoms with Gasteiger partial charge in [0.25, 0.3) is 0 Å². The molecule has 0 aliphatic rings. The molecule has 0 saturated heterocycles. The highest BCUT2D eigenvalue weighted by molar-refractivity contribution is 5.77. The van der Waals surface area contributed by atoms with Crippen LogP contribution < -0.4 is 0 Å². The highest BCUT2D eigenvalue weighted by atomic mass is 19.1. The molecule has 0 spiro atoms. The lowest BCUT2D eigenvalue weighted by Crippen LogP contribution is -2.09. The van der Waals surface area contributed by atoms with Gasteiger partial charge in [0.15, 0.2) is 0 Å². The van der Waals surface area contributed by atoms with Gasteiger partial charge in [-0.25, -0.2) is 9.07 Å². The maximum Gasteiger partial charge on any atom is 0.243 e. The minimum atomic E-state index is -0.266. The van der Waals surface area contributed by atoms with Crippen molar-refractivity contribution < 1.29 is 9.18 Å². The molecular formula is C17H25FN2O. The molecule has 116 valence electrons. The average Bonchev–Trinajstić information content (AvgIpc) is 2.88. The summed E-state index contributed by atoms with van der Waals surface area (Å²) in [4.78, 5) is 11.3. The van der Waals surface area contributed by atoms with Gasteiger partial charge in [0.05, 0.1) is 5.69 Å². The molecule has 0 amide bonds. The zero-order chi connectivity index (χ0) is 16.6. The third-order valence-electron chi connectivity index (χ3n) is 2.65. The fourth-order valence-corrected chi connectivity index (χ4v) is 1.69. The first-order valence-electron chi connectivity index (χ1n) is 7.33. The predicted octanol–water partition coefficient (Wildman–Crippen LogP) is 5.02. The number of hydrogen-bond donors (Lipinski definition) is 0. The largest absolute Gasteiger partial charge is 0.273 e. The predicted molar refractivity (Wildman–Crippen MR) is 86.1 cm³/mol. The van der Waals surface area contributed by atoms with Crippen molar-refractivity contribution in [3.63, 3.8) is 0 Å². The van der Waals surface area contributed by atoms with Crippen LogP contribution in [0.4, 0.5) is 4.39 Å². The zero-order valence-electron chi connectivity index (χ0n) is 14.0.